The second-order valence-electron chi connectivity index (χ2n) is 4.62. The van der Waals surface area contributed by atoms with E-state index in [0.29, 0.717) is 28.4 Å². The van der Waals surface area contributed by atoms with Crippen molar-refractivity contribution in [1.29, 1.82) is 0 Å². The Morgan fingerprint density at radius 1 is 1.14 bits per heavy atom. The van der Waals surface area contributed by atoms with Crippen LogP contribution in [0.15, 0.2) is 36.4 Å². The number of hydrogen-bond acceptors (Lipinski definition) is 5. The fourth-order valence-electron chi connectivity index (χ4n) is 2.24. The molecule has 7 nitrogen and oxygen atoms in total. The van der Waals surface area contributed by atoms with E-state index in [9.17, 15) is 10.1 Å². The molecule has 1 N–H and O–H groups in total. The van der Waals surface area contributed by atoms with Crippen LogP contribution in [0.25, 0.3) is 22.4 Å². The van der Waals surface area contributed by atoms with E-state index in [1.165, 1.54) is 12.1 Å². The Balaban J connectivity index is 2.12. The lowest BCUT2D eigenvalue weighted by Gasteiger charge is -2.06. The first-order chi connectivity index (χ1) is 10.6. The quantitative estimate of drug-likeness (QED) is 0.590. The number of hydrogen-bond donors (Lipinski definition) is 1. The van der Waals surface area contributed by atoms with Gasteiger partial charge in [0.1, 0.15) is 5.82 Å². The van der Waals surface area contributed by atoms with Crippen LogP contribution in [0.2, 0.25) is 0 Å². The molecule has 1 heterocycles. The number of aromatic amines is 1. The summed E-state index contributed by atoms with van der Waals surface area (Å²) in [6, 6.07) is 9.85. The summed E-state index contributed by atoms with van der Waals surface area (Å²) in [6.07, 6.45) is 0. The van der Waals surface area contributed by atoms with E-state index in [1.54, 1.807) is 38.5 Å². The maximum Gasteiger partial charge on any atom is 0.270 e. The average molecular weight is 299 g/mol. The molecule has 2 aromatic carbocycles. The van der Waals surface area contributed by atoms with Crippen LogP contribution >= 0.6 is 0 Å². The zero-order valence-corrected chi connectivity index (χ0v) is 12.0. The van der Waals surface area contributed by atoms with Crippen LogP contribution in [0.5, 0.6) is 11.5 Å². The summed E-state index contributed by atoms with van der Waals surface area (Å²) < 4.78 is 10.5. The largest absolute Gasteiger partial charge is 0.493 e. The van der Waals surface area contributed by atoms with Gasteiger partial charge < -0.3 is 14.5 Å². The molecule has 7 heteroatoms. The number of benzene rings is 2. The third-order valence-electron chi connectivity index (χ3n) is 3.32. The number of aromatic nitrogens is 2. The summed E-state index contributed by atoms with van der Waals surface area (Å²) in [4.78, 5) is 18.0. The van der Waals surface area contributed by atoms with Gasteiger partial charge in [0.15, 0.2) is 11.5 Å². The molecule has 0 atom stereocenters. The zero-order chi connectivity index (χ0) is 15.7. The molecule has 0 aliphatic carbocycles. The predicted molar refractivity (Wildman–Crippen MR) is 81.3 cm³/mol. The van der Waals surface area contributed by atoms with Gasteiger partial charge in [0.25, 0.3) is 5.69 Å². The molecular weight excluding hydrogens is 286 g/mol. The van der Waals surface area contributed by atoms with Crippen LogP contribution in [-0.2, 0) is 0 Å². The molecule has 3 rings (SSSR count). The number of rotatable bonds is 4. The molecule has 3 aromatic rings. The van der Waals surface area contributed by atoms with E-state index in [2.05, 4.69) is 9.97 Å². The molecule has 0 saturated carbocycles. The first kappa shape index (κ1) is 13.9. The number of ether oxygens (including phenoxy) is 2. The monoisotopic (exact) mass is 299 g/mol. The van der Waals surface area contributed by atoms with Crippen LogP contribution < -0.4 is 9.47 Å². The van der Waals surface area contributed by atoms with Crippen LogP contribution in [0.3, 0.4) is 0 Å². The Labute approximate surface area is 125 Å². The molecule has 112 valence electrons. The van der Waals surface area contributed by atoms with Crippen molar-refractivity contribution in [2.75, 3.05) is 14.2 Å². The zero-order valence-electron chi connectivity index (χ0n) is 12.0. The summed E-state index contributed by atoms with van der Waals surface area (Å²) in [7, 11) is 3.11. The van der Waals surface area contributed by atoms with Crippen molar-refractivity contribution in [2.24, 2.45) is 0 Å². The van der Waals surface area contributed by atoms with Gasteiger partial charge in [-0.25, -0.2) is 4.98 Å². The number of nitro benzene ring substituents is 1. The SMILES string of the molecule is COc1cc2nc(-c3cccc([N+](=O)[O-])c3)[nH]c2cc1OC. The van der Waals surface area contributed by atoms with E-state index < -0.39 is 4.92 Å². The molecule has 0 unspecified atom stereocenters. The number of methoxy groups -OCH3 is 2. The van der Waals surface area contributed by atoms with Crippen LogP contribution in [0, 0.1) is 10.1 Å². The van der Waals surface area contributed by atoms with E-state index in [1.807, 2.05) is 0 Å². The van der Waals surface area contributed by atoms with E-state index in [0.717, 1.165) is 5.52 Å². The molecule has 0 bridgehead atoms. The van der Waals surface area contributed by atoms with Gasteiger partial charge in [-0.1, -0.05) is 12.1 Å². The third-order valence-corrected chi connectivity index (χ3v) is 3.32. The lowest BCUT2D eigenvalue weighted by Crippen LogP contribution is -1.89. The first-order valence-corrected chi connectivity index (χ1v) is 6.49. The Morgan fingerprint density at radius 3 is 2.55 bits per heavy atom. The highest BCUT2D eigenvalue weighted by Gasteiger charge is 2.13. The van der Waals surface area contributed by atoms with Gasteiger partial charge in [0.05, 0.1) is 30.2 Å². The Hall–Kier alpha value is -3.09. The summed E-state index contributed by atoms with van der Waals surface area (Å²) in [5, 5.41) is 10.9. The average Bonchev–Trinajstić information content (AvgIpc) is 2.96. The van der Waals surface area contributed by atoms with Crippen LogP contribution in [0.1, 0.15) is 0 Å². The topological polar surface area (TPSA) is 90.3 Å². The van der Waals surface area contributed by atoms with Crippen molar-refractivity contribution in [2.45, 2.75) is 0 Å². The fraction of sp³-hybridized carbons (Fsp3) is 0.133. The lowest BCUT2D eigenvalue weighted by molar-refractivity contribution is -0.384. The molecule has 0 fully saturated rings. The molecule has 0 aliphatic rings. The van der Waals surface area contributed by atoms with Gasteiger partial charge >= 0.3 is 0 Å². The molecule has 0 spiro atoms. The lowest BCUT2D eigenvalue weighted by atomic mass is 10.2. The van der Waals surface area contributed by atoms with Gasteiger partial charge in [-0.15, -0.1) is 0 Å². The van der Waals surface area contributed by atoms with E-state index >= 15 is 0 Å². The number of H-pyrrole nitrogens is 1. The van der Waals surface area contributed by atoms with Crippen molar-refractivity contribution < 1.29 is 14.4 Å². The Bertz CT molecular complexity index is 816. The normalized spacial score (nSPS) is 10.6. The van der Waals surface area contributed by atoms with E-state index in [-0.39, 0.29) is 5.69 Å². The number of fused-ring (bicyclic) bond motifs is 1. The Kier molecular flexibility index (Phi) is 3.38. The number of nitrogens with one attached hydrogen (secondary N) is 1. The molecule has 0 radical (unpaired) electrons. The highest BCUT2D eigenvalue weighted by Crippen LogP contribution is 2.32. The number of imidazole rings is 1. The van der Waals surface area contributed by atoms with Crippen molar-refractivity contribution in [3.8, 4) is 22.9 Å². The molecule has 0 aliphatic heterocycles. The van der Waals surface area contributed by atoms with Crippen molar-refractivity contribution >= 4 is 16.7 Å². The minimum Gasteiger partial charge on any atom is -0.493 e. The van der Waals surface area contributed by atoms with Gasteiger partial charge in [0, 0.05) is 29.8 Å². The summed E-state index contributed by atoms with van der Waals surface area (Å²) >= 11 is 0. The molecule has 0 saturated heterocycles. The smallest absolute Gasteiger partial charge is 0.270 e. The summed E-state index contributed by atoms with van der Waals surface area (Å²) in [5.74, 6) is 1.71. The number of nitro groups is 1. The third kappa shape index (κ3) is 2.32. The molecule has 22 heavy (non-hydrogen) atoms. The number of nitrogens with zero attached hydrogens (tertiary/aromatic N) is 2. The second-order valence-corrected chi connectivity index (χ2v) is 4.62. The van der Waals surface area contributed by atoms with Gasteiger partial charge in [-0.2, -0.15) is 0 Å². The first-order valence-electron chi connectivity index (χ1n) is 6.49. The minimum absolute atomic E-state index is 0.0214. The standard InChI is InChI=1S/C15H13N3O4/c1-21-13-7-11-12(8-14(13)22-2)17-15(16-11)9-4-3-5-10(6-9)18(19)20/h3-8H,1-2H3,(H,16,17). The summed E-state index contributed by atoms with van der Waals surface area (Å²) in [6.45, 7) is 0. The van der Waals surface area contributed by atoms with E-state index in [4.69, 9.17) is 9.47 Å². The highest BCUT2D eigenvalue weighted by atomic mass is 16.6. The Morgan fingerprint density at radius 2 is 1.86 bits per heavy atom. The van der Waals surface area contributed by atoms with Gasteiger partial charge in [0.2, 0.25) is 0 Å². The van der Waals surface area contributed by atoms with Crippen molar-refractivity contribution in [1.82, 2.24) is 9.97 Å². The minimum atomic E-state index is -0.432. The maximum atomic E-state index is 10.9. The summed E-state index contributed by atoms with van der Waals surface area (Å²) in [5.41, 5.74) is 2.12. The van der Waals surface area contributed by atoms with Gasteiger partial charge in [-0.05, 0) is 0 Å². The predicted octanol–water partition coefficient (Wildman–Crippen LogP) is 3.16. The fourth-order valence-corrected chi connectivity index (χ4v) is 2.24. The van der Waals surface area contributed by atoms with Crippen LogP contribution in [0.4, 0.5) is 5.69 Å². The highest BCUT2D eigenvalue weighted by molar-refractivity contribution is 5.83. The van der Waals surface area contributed by atoms with Crippen molar-refractivity contribution in [3.63, 3.8) is 0 Å². The molecule has 0 amide bonds. The number of non-ortho nitro benzene ring substituents is 1. The van der Waals surface area contributed by atoms with Gasteiger partial charge in [-0.3, -0.25) is 10.1 Å². The van der Waals surface area contributed by atoms with Crippen LogP contribution in [-0.4, -0.2) is 29.1 Å². The second kappa shape index (κ2) is 5.36. The molecular formula is C15H13N3O4. The molecule has 1 aromatic heterocycles. The van der Waals surface area contributed by atoms with Crippen molar-refractivity contribution in [3.05, 3.63) is 46.5 Å². The maximum absolute atomic E-state index is 10.9.